The van der Waals surface area contributed by atoms with Crippen molar-refractivity contribution < 1.29 is 4.79 Å². The molecule has 1 N–H and O–H groups in total. The summed E-state index contributed by atoms with van der Waals surface area (Å²) >= 11 is 0. The van der Waals surface area contributed by atoms with Crippen LogP contribution in [0.15, 0.2) is 72.9 Å². The number of anilines is 2. The van der Waals surface area contributed by atoms with E-state index in [2.05, 4.69) is 33.4 Å². The first-order valence-corrected chi connectivity index (χ1v) is 8.90. The maximum absolute atomic E-state index is 12.9. The van der Waals surface area contributed by atoms with Gasteiger partial charge in [-0.15, -0.1) is 0 Å². The molecule has 4 nitrogen and oxygen atoms in total. The van der Waals surface area contributed by atoms with E-state index in [1.807, 2.05) is 55.5 Å². The minimum atomic E-state index is -0.103. The van der Waals surface area contributed by atoms with Crippen molar-refractivity contribution in [3.8, 4) is 0 Å². The molecule has 1 unspecified atom stereocenters. The molecular weight excluding hydrogens is 322 g/mol. The Hall–Kier alpha value is -3.14. The van der Waals surface area contributed by atoms with Crippen molar-refractivity contribution in [2.75, 3.05) is 11.4 Å². The first-order chi connectivity index (χ1) is 12.7. The van der Waals surface area contributed by atoms with Crippen molar-refractivity contribution >= 4 is 17.4 Å². The van der Waals surface area contributed by atoms with E-state index in [0.717, 1.165) is 30.0 Å². The normalized spacial score (nSPS) is 14.0. The molecule has 1 atom stereocenters. The van der Waals surface area contributed by atoms with E-state index in [0.29, 0.717) is 5.56 Å². The summed E-state index contributed by atoms with van der Waals surface area (Å²) in [6.07, 6.45) is 2.71. The molecule has 0 saturated heterocycles. The number of carbonyl (C=O) groups excluding carboxylic acids is 1. The van der Waals surface area contributed by atoms with Crippen LogP contribution in [0.2, 0.25) is 0 Å². The maximum atomic E-state index is 12.9. The van der Waals surface area contributed by atoms with Crippen molar-refractivity contribution in [1.82, 2.24) is 10.3 Å². The van der Waals surface area contributed by atoms with Gasteiger partial charge in [-0.3, -0.25) is 4.79 Å². The molecule has 0 spiro atoms. The summed E-state index contributed by atoms with van der Waals surface area (Å²) in [5.41, 5.74) is 4.11. The van der Waals surface area contributed by atoms with Gasteiger partial charge >= 0.3 is 0 Å². The molecule has 26 heavy (non-hydrogen) atoms. The zero-order valence-corrected chi connectivity index (χ0v) is 14.7. The monoisotopic (exact) mass is 343 g/mol. The number of carbonyl (C=O) groups is 1. The highest BCUT2D eigenvalue weighted by molar-refractivity contribution is 6.00. The van der Waals surface area contributed by atoms with Crippen molar-refractivity contribution in [1.29, 1.82) is 0 Å². The number of hydrogen-bond acceptors (Lipinski definition) is 3. The third kappa shape index (κ3) is 3.06. The van der Waals surface area contributed by atoms with E-state index in [1.54, 1.807) is 6.20 Å². The van der Waals surface area contributed by atoms with Gasteiger partial charge in [0.2, 0.25) is 0 Å². The van der Waals surface area contributed by atoms with E-state index in [-0.39, 0.29) is 11.9 Å². The lowest BCUT2D eigenvalue weighted by molar-refractivity contribution is 0.0940. The van der Waals surface area contributed by atoms with Crippen LogP contribution in [0.4, 0.5) is 11.5 Å². The zero-order valence-electron chi connectivity index (χ0n) is 14.7. The number of rotatable bonds is 4. The molecular formula is C22H21N3O. The van der Waals surface area contributed by atoms with Crippen LogP contribution in [0.1, 0.15) is 34.5 Å². The van der Waals surface area contributed by atoms with Crippen molar-refractivity contribution in [2.24, 2.45) is 0 Å². The minimum Gasteiger partial charge on any atom is -0.345 e. The first-order valence-electron chi connectivity index (χ1n) is 8.90. The van der Waals surface area contributed by atoms with Gasteiger partial charge < -0.3 is 10.2 Å². The summed E-state index contributed by atoms with van der Waals surface area (Å²) in [6.45, 7) is 2.83. The predicted octanol–water partition coefficient (Wildman–Crippen LogP) is 4.27. The van der Waals surface area contributed by atoms with Gasteiger partial charge in [0.1, 0.15) is 5.82 Å². The Labute approximate surface area is 153 Å². The second-order valence-corrected chi connectivity index (χ2v) is 6.51. The number of para-hydroxylation sites is 1. The molecule has 3 aromatic rings. The summed E-state index contributed by atoms with van der Waals surface area (Å²) in [7, 11) is 0. The lowest BCUT2D eigenvalue weighted by atomic mass is 10.1. The van der Waals surface area contributed by atoms with Gasteiger partial charge in [0.25, 0.3) is 5.91 Å². The number of benzene rings is 2. The Kier molecular flexibility index (Phi) is 4.40. The Morgan fingerprint density at radius 3 is 2.65 bits per heavy atom. The zero-order chi connectivity index (χ0) is 17.9. The smallest absolute Gasteiger partial charge is 0.255 e. The van der Waals surface area contributed by atoms with Crippen LogP contribution in [0, 0.1) is 0 Å². The molecule has 130 valence electrons. The van der Waals surface area contributed by atoms with Gasteiger partial charge in [-0.1, -0.05) is 48.5 Å². The minimum absolute atomic E-state index is 0.0670. The first kappa shape index (κ1) is 16.3. The Bertz CT molecular complexity index is 923. The van der Waals surface area contributed by atoms with Crippen LogP contribution in [-0.4, -0.2) is 17.4 Å². The average molecular weight is 343 g/mol. The molecule has 1 aromatic heterocycles. The molecule has 0 fully saturated rings. The van der Waals surface area contributed by atoms with E-state index >= 15 is 0 Å². The van der Waals surface area contributed by atoms with Gasteiger partial charge in [-0.05, 0) is 42.7 Å². The fraction of sp³-hybridized carbons (Fsp3) is 0.182. The van der Waals surface area contributed by atoms with Crippen molar-refractivity contribution in [3.05, 3.63) is 89.6 Å². The Morgan fingerprint density at radius 2 is 1.81 bits per heavy atom. The number of hydrogen-bond donors (Lipinski definition) is 1. The molecule has 0 radical (unpaired) electrons. The molecule has 2 aromatic carbocycles. The highest BCUT2D eigenvalue weighted by Crippen LogP contribution is 2.34. The van der Waals surface area contributed by atoms with Crippen LogP contribution < -0.4 is 10.2 Å². The molecule has 1 aliphatic heterocycles. The maximum Gasteiger partial charge on any atom is 0.255 e. The van der Waals surface area contributed by atoms with Crippen molar-refractivity contribution in [2.45, 2.75) is 19.4 Å². The number of aromatic nitrogens is 1. The van der Waals surface area contributed by atoms with Gasteiger partial charge in [0.05, 0.1) is 11.6 Å². The molecule has 4 rings (SSSR count). The van der Waals surface area contributed by atoms with Gasteiger partial charge in [-0.2, -0.15) is 0 Å². The predicted molar refractivity (Wildman–Crippen MR) is 104 cm³/mol. The third-order valence-corrected chi connectivity index (χ3v) is 4.82. The topological polar surface area (TPSA) is 45.2 Å². The van der Waals surface area contributed by atoms with E-state index in [9.17, 15) is 4.79 Å². The SMILES string of the molecule is CC(NC(=O)c1cccnc1N1CCc2ccccc21)c1ccccc1. The number of fused-ring (bicyclic) bond motifs is 1. The highest BCUT2D eigenvalue weighted by atomic mass is 16.1. The summed E-state index contributed by atoms with van der Waals surface area (Å²) < 4.78 is 0. The van der Waals surface area contributed by atoms with Crippen LogP contribution in [0.3, 0.4) is 0 Å². The molecule has 1 amide bonds. The number of amides is 1. The largest absolute Gasteiger partial charge is 0.345 e. The van der Waals surface area contributed by atoms with E-state index in [1.165, 1.54) is 5.56 Å². The number of pyridine rings is 1. The average Bonchev–Trinajstić information content (AvgIpc) is 3.12. The summed E-state index contributed by atoms with van der Waals surface area (Å²) in [5, 5.41) is 3.09. The lowest BCUT2D eigenvalue weighted by Crippen LogP contribution is -2.29. The third-order valence-electron chi connectivity index (χ3n) is 4.82. The fourth-order valence-corrected chi connectivity index (χ4v) is 3.45. The highest BCUT2D eigenvalue weighted by Gasteiger charge is 2.25. The van der Waals surface area contributed by atoms with Crippen LogP contribution in [0.25, 0.3) is 0 Å². The van der Waals surface area contributed by atoms with Crippen LogP contribution in [-0.2, 0) is 6.42 Å². The van der Waals surface area contributed by atoms with Crippen LogP contribution in [0.5, 0.6) is 0 Å². The Balaban J connectivity index is 1.61. The quantitative estimate of drug-likeness (QED) is 0.769. The second kappa shape index (κ2) is 7.00. The second-order valence-electron chi connectivity index (χ2n) is 6.51. The molecule has 2 heterocycles. The molecule has 4 heteroatoms. The number of nitrogens with one attached hydrogen (secondary N) is 1. The van der Waals surface area contributed by atoms with E-state index in [4.69, 9.17) is 0 Å². The fourth-order valence-electron chi connectivity index (χ4n) is 3.45. The molecule has 0 aliphatic carbocycles. The Morgan fingerprint density at radius 1 is 1.04 bits per heavy atom. The molecule has 0 saturated carbocycles. The van der Waals surface area contributed by atoms with Gasteiger partial charge in [0.15, 0.2) is 0 Å². The summed E-state index contributed by atoms with van der Waals surface area (Å²) in [6, 6.07) is 21.9. The van der Waals surface area contributed by atoms with Crippen molar-refractivity contribution in [3.63, 3.8) is 0 Å². The number of nitrogens with zero attached hydrogens (tertiary/aromatic N) is 2. The summed E-state index contributed by atoms with van der Waals surface area (Å²) in [4.78, 5) is 19.6. The lowest BCUT2D eigenvalue weighted by Gasteiger charge is -2.22. The standard InChI is InChI=1S/C22H21N3O/c1-16(17-8-3-2-4-9-17)24-22(26)19-11-7-14-23-21(19)25-15-13-18-10-5-6-12-20(18)25/h2-12,14,16H,13,15H2,1H3,(H,24,26). The van der Waals surface area contributed by atoms with E-state index < -0.39 is 0 Å². The van der Waals surface area contributed by atoms with Gasteiger partial charge in [0, 0.05) is 18.4 Å². The molecule has 1 aliphatic rings. The molecule has 0 bridgehead atoms. The van der Waals surface area contributed by atoms with Crippen LogP contribution >= 0.6 is 0 Å². The summed E-state index contributed by atoms with van der Waals surface area (Å²) in [5.74, 6) is 0.615. The van der Waals surface area contributed by atoms with Gasteiger partial charge in [-0.25, -0.2) is 4.98 Å².